The number of rotatable bonds is 4. The Kier molecular flexibility index (Phi) is 4.83. The number of thioether (sulfide) groups is 1. The van der Waals surface area contributed by atoms with Crippen molar-refractivity contribution in [1.82, 2.24) is 20.1 Å². The zero-order valence-corrected chi connectivity index (χ0v) is 15.4. The van der Waals surface area contributed by atoms with Gasteiger partial charge in [0.25, 0.3) is 5.22 Å². The second-order valence-electron chi connectivity index (χ2n) is 6.30. The molecule has 3 heterocycles. The number of urea groups is 1. The third-order valence-electron chi connectivity index (χ3n) is 4.63. The highest BCUT2D eigenvalue weighted by atomic mass is 32.2. The molecule has 8 heteroatoms. The van der Waals surface area contributed by atoms with E-state index in [9.17, 15) is 4.79 Å². The fourth-order valence-corrected chi connectivity index (χ4v) is 3.82. The summed E-state index contributed by atoms with van der Waals surface area (Å²) < 4.78 is 5.71. The second-order valence-corrected chi connectivity index (χ2v) is 7.51. The number of benzene rings is 1. The average molecular weight is 371 g/mol. The first-order chi connectivity index (χ1) is 12.7. The van der Waals surface area contributed by atoms with E-state index in [1.807, 2.05) is 29.2 Å². The van der Waals surface area contributed by atoms with Gasteiger partial charge in [0.2, 0.25) is 0 Å². The van der Waals surface area contributed by atoms with Crippen molar-refractivity contribution in [2.45, 2.75) is 30.9 Å². The maximum Gasteiger partial charge on any atom is 0.321 e. The Morgan fingerprint density at radius 3 is 2.96 bits per heavy atom. The molecule has 0 aliphatic carbocycles. The van der Waals surface area contributed by atoms with E-state index < -0.39 is 0 Å². The van der Waals surface area contributed by atoms with Crippen LogP contribution >= 0.6 is 11.8 Å². The average Bonchev–Trinajstić information content (AvgIpc) is 3.31. The number of hydrogen-bond acceptors (Lipinski definition) is 5. The largest absolute Gasteiger partial charge is 0.431 e. The first-order valence-corrected chi connectivity index (χ1v) is 9.80. The number of carbonyl (C=O) groups excluding carboxylic acids is 1. The highest BCUT2D eigenvalue weighted by Gasteiger charge is 2.24. The van der Waals surface area contributed by atoms with Crippen molar-refractivity contribution in [3.63, 3.8) is 0 Å². The van der Waals surface area contributed by atoms with Gasteiger partial charge in [0, 0.05) is 42.7 Å². The molecule has 4 rings (SSSR count). The summed E-state index contributed by atoms with van der Waals surface area (Å²) in [6.45, 7) is 3.52. The standard InChI is InChI=1S/C18H21N5O2S/c1-2-26-18-21-15-4-3-13(11-16(15)25-18)20-17(24)23-9-6-12(7-10-23)14-5-8-19-22-14/h3-5,8,11-12H,2,6-7,9-10H2,1H3,(H,19,22)(H,20,24). The van der Waals surface area contributed by atoms with Gasteiger partial charge in [-0.3, -0.25) is 5.10 Å². The zero-order valence-electron chi connectivity index (χ0n) is 14.6. The number of likely N-dealkylation sites (tertiary alicyclic amines) is 1. The van der Waals surface area contributed by atoms with E-state index in [0.717, 1.165) is 48.6 Å². The number of hydrogen-bond donors (Lipinski definition) is 2. The Balaban J connectivity index is 1.38. The number of nitrogens with one attached hydrogen (secondary N) is 2. The lowest BCUT2D eigenvalue weighted by Gasteiger charge is -2.31. The Hall–Kier alpha value is -2.48. The van der Waals surface area contributed by atoms with Crippen LogP contribution in [0.3, 0.4) is 0 Å². The van der Waals surface area contributed by atoms with E-state index in [4.69, 9.17) is 4.42 Å². The molecular weight excluding hydrogens is 350 g/mol. The van der Waals surface area contributed by atoms with Crippen molar-refractivity contribution < 1.29 is 9.21 Å². The molecule has 1 saturated heterocycles. The van der Waals surface area contributed by atoms with Crippen molar-refractivity contribution in [2.75, 3.05) is 24.2 Å². The van der Waals surface area contributed by atoms with Crippen molar-refractivity contribution in [3.8, 4) is 0 Å². The summed E-state index contributed by atoms with van der Waals surface area (Å²) in [5.74, 6) is 1.35. The molecule has 2 aromatic heterocycles. The molecule has 0 bridgehead atoms. The van der Waals surface area contributed by atoms with Crippen LogP contribution in [0.5, 0.6) is 0 Å². The van der Waals surface area contributed by atoms with Gasteiger partial charge in [-0.2, -0.15) is 5.10 Å². The quantitative estimate of drug-likeness (QED) is 0.675. The fourth-order valence-electron chi connectivity index (χ4n) is 3.26. The Morgan fingerprint density at radius 2 is 2.23 bits per heavy atom. The third-order valence-corrected chi connectivity index (χ3v) is 5.34. The Bertz CT molecular complexity index is 884. The predicted octanol–water partition coefficient (Wildman–Crippen LogP) is 4.07. The number of fused-ring (bicyclic) bond motifs is 1. The molecule has 1 aliphatic heterocycles. The van der Waals surface area contributed by atoms with Crippen LogP contribution in [0.4, 0.5) is 10.5 Å². The van der Waals surface area contributed by atoms with Gasteiger partial charge >= 0.3 is 6.03 Å². The molecule has 1 fully saturated rings. The van der Waals surface area contributed by atoms with Crippen LogP contribution < -0.4 is 5.32 Å². The van der Waals surface area contributed by atoms with Crippen LogP contribution in [-0.2, 0) is 0 Å². The molecule has 1 aromatic carbocycles. The minimum absolute atomic E-state index is 0.0740. The number of amides is 2. The normalized spacial score (nSPS) is 15.5. The molecule has 0 unspecified atom stereocenters. The molecule has 0 saturated carbocycles. The first kappa shape index (κ1) is 17.0. The van der Waals surface area contributed by atoms with Gasteiger partial charge in [-0.1, -0.05) is 18.7 Å². The lowest BCUT2D eigenvalue weighted by atomic mass is 9.94. The smallest absolute Gasteiger partial charge is 0.321 e. The van der Waals surface area contributed by atoms with Crippen molar-refractivity contribution in [3.05, 3.63) is 36.2 Å². The van der Waals surface area contributed by atoms with Crippen LogP contribution in [0.15, 0.2) is 40.1 Å². The number of oxazole rings is 1. The number of aromatic nitrogens is 3. The van der Waals surface area contributed by atoms with Gasteiger partial charge in [-0.25, -0.2) is 9.78 Å². The Labute approximate surface area is 155 Å². The molecule has 2 N–H and O–H groups in total. The number of aromatic amines is 1. The molecule has 0 atom stereocenters. The highest BCUT2D eigenvalue weighted by Crippen LogP contribution is 2.28. The summed E-state index contributed by atoms with van der Waals surface area (Å²) in [5.41, 5.74) is 3.37. The summed E-state index contributed by atoms with van der Waals surface area (Å²) in [7, 11) is 0. The molecule has 0 radical (unpaired) electrons. The molecule has 1 aliphatic rings. The predicted molar refractivity (Wildman–Crippen MR) is 102 cm³/mol. The molecule has 2 amide bonds. The number of anilines is 1. The minimum Gasteiger partial charge on any atom is -0.431 e. The van der Waals surface area contributed by atoms with Crippen LogP contribution in [0, 0.1) is 0 Å². The monoisotopic (exact) mass is 371 g/mol. The Morgan fingerprint density at radius 1 is 1.38 bits per heavy atom. The molecular formula is C18H21N5O2S. The van der Waals surface area contributed by atoms with Crippen LogP contribution in [0.1, 0.15) is 31.4 Å². The van der Waals surface area contributed by atoms with Gasteiger partial charge in [-0.15, -0.1) is 0 Å². The minimum atomic E-state index is -0.0740. The maximum absolute atomic E-state index is 12.5. The summed E-state index contributed by atoms with van der Waals surface area (Å²) in [4.78, 5) is 18.8. The fraction of sp³-hybridized carbons (Fsp3) is 0.389. The topological polar surface area (TPSA) is 87.0 Å². The number of H-pyrrole nitrogens is 1. The molecule has 0 spiro atoms. The molecule has 7 nitrogen and oxygen atoms in total. The van der Waals surface area contributed by atoms with Gasteiger partial charge in [0.05, 0.1) is 0 Å². The van der Waals surface area contributed by atoms with Crippen molar-refractivity contribution in [2.24, 2.45) is 0 Å². The zero-order chi connectivity index (χ0) is 17.9. The van der Waals surface area contributed by atoms with Crippen LogP contribution in [0.25, 0.3) is 11.1 Å². The number of carbonyl (C=O) groups is 1. The summed E-state index contributed by atoms with van der Waals surface area (Å²) in [6, 6.07) is 7.50. The second kappa shape index (κ2) is 7.41. The van der Waals surface area contributed by atoms with E-state index in [1.165, 1.54) is 0 Å². The van der Waals surface area contributed by atoms with Crippen molar-refractivity contribution >= 4 is 34.6 Å². The van der Waals surface area contributed by atoms with E-state index in [1.54, 1.807) is 18.0 Å². The van der Waals surface area contributed by atoms with E-state index in [-0.39, 0.29) is 6.03 Å². The van der Waals surface area contributed by atoms with Crippen molar-refractivity contribution in [1.29, 1.82) is 0 Å². The number of nitrogens with zero attached hydrogens (tertiary/aromatic N) is 3. The lowest BCUT2D eigenvalue weighted by molar-refractivity contribution is 0.194. The molecule has 3 aromatic rings. The SMILES string of the molecule is CCSc1nc2ccc(NC(=O)N3CCC(c4ccn[nH]4)CC3)cc2o1. The van der Waals surface area contributed by atoms with E-state index in [2.05, 4.69) is 27.4 Å². The summed E-state index contributed by atoms with van der Waals surface area (Å²) >= 11 is 1.56. The summed E-state index contributed by atoms with van der Waals surface area (Å²) in [5, 5.41) is 10.7. The van der Waals surface area contributed by atoms with Gasteiger partial charge in [-0.05, 0) is 36.8 Å². The van der Waals surface area contributed by atoms with Gasteiger partial charge < -0.3 is 14.6 Å². The maximum atomic E-state index is 12.5. The van der Waals surface area contributed by atoms with Crippen LogP contribution in [-0.4, -0.2) is 45.0 Å². The lowest BCUT2D eigenvalue weighted by Crippen LogP contribution is -2.40. The van der Waals surface area contributed by atoms with Gasteiger partial charge in [0.1, 0.15) is 5.52 Å². The molecule has 26 heavy (non-hydrogen) atoms. The first-order valence-electron chi connectivity index (χ1n) is 8.81. The van der Waals surface area contributed by atoms with E-state index >= 15 is 0 Å². The van der Waals surface area contributed by atoms with Gasteiger partial charge in [0.15, 0.2) is 5.58 Å². The highest BCUT2D eigenvalue weighted by molar-refractivity contribution is 7.99. The van der Waals surface area contributed by atoms with Crippen LogP contribution in [0.2, 0.25) is 0 Å². The van der Waals surface area contributed by atoms with E-state index in [0.29, 0.717) is 16.7 Å². The third kappa shape index (κ3) is 3.55. The summed E-state index contributed by atoms with van der Waals surface area (Å²) in [6.07, 6.45) is 3.65. The molecule has 136 valence electrons. The number of piperidine rings is 1.